The number of hydrogen-bond acceptors (Lipinski definition) is 0. The molecule has 0 aromatic carbocycles. The van der Waals surface area contributed by atoms with Crippen LogP contribution in [0, 0.1) is 0 Å². The quantitative estimate of drug-likeness (QED) is 0.438. The first-order valence-electron chi connectivity index (χ1n) is 0. The van der Waals surface area contributed by atoms with Gasteiger partial charge in [-0.3, -0.25) is 0 Å². The van der Waals surface area contributed by atoms with E-state index in [0.717, 1.165) is 0 Å². The molecule has 0 rings (SSSR count). The fraction of sp³-hybridized carbons (Fsp3) is 0. The van der Waals surface area contributed by atoms with E-state index in [0.29, 0.717) is 0 Å². The molecule has 22 valence electrons. The van der Waals surface area contributed by atoms with E-state index in [1.165, 1.54) is 0 Å². The second-order valence-corrected chi connectivity index (χ2v) is 0. The van der Waals surface area contributed by atoms with Gasteiger partial charge in [0.2, 0.25) is 0 Å². The van der Waals surface area contributed by atoms with Gasteiger partial charge in [-0.15, -0.1) is 0 Å². The van der Waals surface area contributed by atoms with Crippen LogP contribution in [0.2, 0.25) is 0 Å². The molecule has 0 spiro atoms. The van der Waals surface area contributed by atoms with Crippen molar-refractivity contribution in [2.45, 2.75) is 0 Å². The van der Waals surface area contributed by atoms with Crippen LogP contribution in [0.1, 0.15) is 0 Å². The summed E-state index contributed by atoms with van der Waals surface area (Å²) >= 11 is 0. The first-order chi connectivity index (χ1) is 0. The largest absolute Gasteiger partial charge is 0 e. The maximum atomic E-state index is 0. The van der Waals surface area contributed by atoms with Crippen LogP contribution in [0.4, 0.5) is 0 Å². The second kappa shape index (κ2) is 17.6. The van der Waals surface area contributed by atoms with Crippen molar-refractivity contribution < 1.29 is 27.2 Å². The summed E-state index contributed by atoms with van der Waals surface area (Å²) in [5.74, 6) is 0. The molecule has 0 aliphatic rings. The van der Waals surface area contributed by atoms with E-state index in [-0.39, 0.29) is 83.0 Å². The van der Waals surface area contributed by atoms with E-state index >= 15 is 0 Å². The molecule has 0 aliphatic heterocycles. The minimum atomic E-state index is 0. The molecule has 0 atom stereocenters. The molecule has 0 radical (unpaired) electrons. The van der Waals surface area contributed by atoms with Gasteiger partial charge in [-0.1, -0.05) is 0 Å². The van der Waals surface area contributed by atoms with Crippen LogP contribution < -0.4 is 0 Å². The Kier molecular flexibility index (Phi) is 137. The second-order valence-electron chi connectivity index (χ2n) is 0. The Morgan fingerprint density at radius 2 is 1.00 bits per heavy atom. The Balaban J connectivity index is 0. The minimum absolute atomic E-state index is 0. The monoisotopic (exact) mass is 302 g/mol. The standard InChI is InChI=1S/Bi.Na.H2O.Ti.4H/h;;1H2;;;;;. The molecular formula is H6BiNaOTi. The maximum Gasteiger partial charge on any atom is 0 e. The van der Waals surface area contributed by atoms with Crippen LogP contribution in [0.5, 0.6) is 0 Å². The van der Waals surface area contributed by atoms with E-state index < -0.39 is 0 Å². The zero-order valence-corrected chi connectivity index (χ0v) is 8.77. The molecule has 0 heterocycles. The summed E-state index contributed by atoms with van der Waals surface area (Å²) in [6.45, 7) is 0. The summed E-state index contributed by atoms with van der Waals surface area (Å²) in [5, 5.41) is 0. The van der Waals surface area contributed by atoms with E-state index in [2.05, 4.69) is 0 Å². The van der Waals surface area contributed by atoms with Gasteiger partial charge in [0.15, 0.2) is 0 Å². The third-order valence-electron chi connectivity index (χ3n) is 0. The normalized spacial score (nSPS) is 0. The zero-order chi connectivity index (χ0) is 0. The molecule has 0 saturated heterocycles. The molecule has 0 saturated carbocycles. The van der Waals surface area contributed by atoms with E-state index in [1.54, 1.807) is 0 Å². The molecule has 2 N–H and O–H groups in total. The van der Waals surface area contributed by atoms with Crippen molar-refractivity contribution in [3.05, 3.63) is 0 Å². The molecule has 0 fully saturated rings. The Labute approximate surface area is 81.5 Å². The van der Waals surface area contributed by atoms with Gasteiger partial charge < -0.3 is 5.48 Å². The topological polar surface area (TPSA) is 31.5 Å². The van der Waals surface area contributed by atoms with Crippen molar-refractivity contribution in [2.24, 2.45) is 0 Å². The summed E-state index contributed by atoms with van der Waals surface area (Å²) in [7, 11) is 0. The van der Waals surface area contributed by atoms with Gasteiger partial charge in [-0.05, 0) is 0 Å². The SMILES string of the molecule is O.[BiH3].[NaH].[Ti]. The van der Waals surface area contributed by atoms with Gasteiger partial charge in [-0.25, -0.2) is 0 Å². The van der Waals surface area contributed by atoms with Crippen LogP contribution in [0.3, 0.4) is 0 Å². The van der Waals surface area contributed by atoms with Crippen molar-refractivity contribution in [2.75, 3.05) is 0 Å². The predicted octanol–water partition coefficient (Wildman–Crippen LogP) is -2.66. The van der Waals surface area contributed by atoms with Crippen molar-refractivity contribution >= 4 is 55.8 Å². The minimum Gasteiger partial charge on any atom is 0 e. The van der Waals surface area contributed by atoms with E-state index in [4.69, 9.17) is 0 Å². The van der Waals surface area contributed by atoms with Crippen molar-refractivity contribution in [3.8, 4) is 0 Å². The van der Waals surface area contributed by atoms with E-state index in [9.17, 15) is 0 Å². The van der Waals surface area contributed by atoms with Gasteiger partial charge in [0.25, 0.3) is 0 Å². The molecule has 0 bridgehead atoms. The third kappa shape index (κ3) is 8.82. The summed E-state index contributed by atoms with van der Waals surface area (Å²) in [6, 6.07) is 0. The Hall–Kier alpha value is 2.56. The Morgan fingerprint density at radius 1 is 1.00 bits per heavy atom. The molecule has 0 amide bonds. The van der Waals surface area contributed by atoms with Gasteiger partial charge in [0.05, 0.1) is 0 Å². The van der Waals surface area contributed by atoms with Crippen LogP contribution in [-0.4, -0.2) is 61.2 Å². The Morgan fingerprint density at radius 3 is 1.00 bits per heavy atom. The molecule has 0 aromatic heterocycles. The van der Waals surface area contributed by atoms with E-state index in [1.807, 2.05) is 0 Å². The van der Waals surface area contributed by atoms with Crippen molar-refractivity contribution in [3.63, 3.8) is 0 Å². The van der Waals surface area contributed by atoms with Crippen molar-refractivity contribution in [1.29, 1.82) is 0 Å². The summed E-state index contributed by atoms with van der Waals surface area (Å²) in [5.41, 5.74) is 0. The van der Waals surface area contributed by atoms with Gasteiger partial charge in [0.1, 0.15) is 0 Å². The van der Waals surface area contributed by atoms with Crippen LogP contribution in [0.15, 0.2) is 0 Å². The first kappa shape index (κ1) is 31.0. The molecular weight excluding hydrogens is 296 g/mol. The van der Waals surface area contributed by atoms with Crippen LogP contribution in [-0.2, 0) is 21.7 Å². The zero-order valence-electron chi connectivity index (χ0n) is 1.71. The number of rotatable bonds is 0. The molecule has 4 heavy (non-hydrogen) atoms. The van der Waals surface area contributed by atoms with Crippen LogP contribution >= 0.6 is 0 Å². The van der Waals surface area contributed by atoms with Gasteiger partial charge >= 0.3 is 55.8 Å². The Bertz CT molecular complexity index is 8.00. The molecule has 4 heteroatoms. The van der Waals surface area contributed by atoms with Gasteiger partial charge in [-0.2, -0.15) is 0 Å². The third-order valence-corrected chi connectivity index (χ3v) is 0. The maximum absolute atomic E-state index is 0. The summed E-state index contributed by atoms with van der Waals surface area (Å²) in [6.07, 6.45) is 0. The molecule has 0 unspecified atom stereocenters. The van der Waals surface area contributed by atoms with Crippen LogP contribution in [0.25, 0.3) is 0 Å². The summed E-state index contributed by atoms with van der Waals surface area (Å²) < 4.78 is 0. The fourth-order valence-corrected chi connectivity index (χ4v) is 0. The molecule has 0 aromatic rings. The predicted molar refractivity (Wildman–Crippen MR) is 20.7 cm³/mol. The average molecular weight is 302 g/mol. The molecule has 0 aliphatic carbocycles. The summed E-state index contributed by atoms with van der Waals surface area (Å²) in [4.78, 5) is 0. The molecule has 1 nitrogen and oxygen atoms in total. The fourth-order valence-electron chi connectivity index (χ4n) is 0. The van der Waals surface area contributed by atoms with Gasteiger partial charge in [0, 0.05) is 21.7 Å². The smallest absolute Gasteiger partial charge is 0 e. The number of hydrogen-bond donors (Lipinski definition) is 0. The average Bonchev–Trinajstić information content (AvgIpc) is 0. The van der Waals surface area contributed by atoms with Crippen molar-refractivity contribution in [1.82, 2.24) is 0 Å². The first-order valence-corrected chi connectivity index (χ1v) is 0.